The van der Waals surface area contributed by atoms with Gasteiger partial charge in [-0.15, -0.1) is 0 Å². The molecular weight excluding hydrogens is 340 g/mol. The number of methoxy groups -OCH3 is 1. The minimum Gasteiger partial charge on any atom is -0.469 e. The number of fused-ring (bicyclic) bond motifs is 1. The Bertz CT molecular complexity index is 1040. The summed E-state index contributed by atoms with van der Waals surface area (Å²) in [5.74, 6) is -0.344. The van der Waals surface area contributed by atoms with Crippen LogP contribution in [0.2, 0.25) is 0 Å². The third kappa shape index (κ3) is 3.61. The number of nitrogens with one attached hydrogen (secondary N) is 1. The summed E-state index contributed by atoms with van der Waals surface area (Å²) in [6, 6.07) is 6.31. The Morgan fingerprint density at radius 2 is 2.12 bits per heavy atom. The maximum Gasteiger partial charge on any atom is 0.307 e. The number of hydrogen-bond acceptors (Lipinski definition) is 7. The van der Waals surface area contributed by atoms with Gasteiger partial charge in [0.05, 0.1) is 30.8 Å². The van der Waals surface area contributed by atoms with Crippen molar-refractivity contribution in [3.05, 3.63) is 52.4 Å². The van der Waals surface area contributed by atoms with Crippen LogP contribution in [0, 0.1) is 6.92 Å². The van der Waals surface area contributed by atoms with Gasteiger partial charge in [0.1, 0.15) is 5.76 Å². The number of carbonyl (C=O) groups excluding carboxylic acids is 2. The Balaban J connectivity index is 1.86. The number of carbonyl (C=O) groups is 2. The molecule has 0 spiro atoms. The topological polar surface area (TPSA) is 116 Å². The predicted molar refractivity (Wildman–Crippen MR) is 91.8 cm³/mol. The van der Waals surface area contributed by atoms with E-state index < -0.39 is 11.9 Å². The van der Waals surface area contributed by atoms with Crippen LogP contribution in [0.25, 0.3) is 10.9 Å². The summed E-state index contributed by atoms with van der Waals surface area (Å²) in [6.07, 6.45) is 1.44. The predicted octanol–water partition coefficient (Wildman–Crippen LogP) is 1.51. The van der Waals surface area contributed by atoms with Gasteiger partial charge in [-0.1, -0.05) is 5.16 Å². The standard InChI is InChI=1S/C17H16N4O5/c1-10-7-14(20-26-10)16(23)19-11-3-4-13-12(8-11)17(24)21(9-18-13)6-5-15(22)25-2/h3-4,7-9H,5-6H2,1-2H3,(H,19,23). The Hall–Kier alpha value is -3.49. The molecule has 2 aromatic heterocycles. The molecule has 0 aliphatic carbocycles. The van der Waals surface area contributed by atoms with Gasteiger partial charge in [0.2, 0.25) is 0 Å². The number of amides is 1. The quantitative estimate of drug-likeness (QED) is 0.689. The molecule has 0 saturated carbocycles. The molecule has 26 heavy (non-hydrogen) atoms. The lowest BCUT2D eigenvalue weighted by Crippen LogP contribution is -2.22. The molecule has 0 atom stereocenters. The number of aromatic nitrogens is 3. The van der Waals surface area contributed by atoms with E-state index in [2.05, 4.69) is 20.2 Å². The molecule has 2 heterocycles. The Kier molecular flexibility index (Phi) is 4.78. The average molecular weight is 356 g/mol. The van der Waals surface area contributed by atoms with Crippen molar-refractivity contribution in [2.24, 2.45) is 0 Å². The molecule has 0 saturated heterocycles. The van der Waals surface area contributed by atoms with Gasteiger partial charge in [0, 0.05) is 18.3 Å². The minimum atomic E-state index is -0.448. The molecule has 9 nitrogen and oxygen atoms in total. The van der Waals surface area contributed by atoms with Gasteiger partial charge in [0.25, 0.3) is 11.5 Å². The van der Waals surface area contributed by atoms with Crippen molar-refractivity contribution in [1.29, 1.82) is 0 Å². The van der Waals surface area contributed by atoms with E-state index in [-0.39, 0.29) is 24.2 Å². The van der Waals surface area contributed by atoms with Crippen molar-refractivity contribution in [2.45, 2.75) is 19.9 Å². The highest BCUT2D eigenvalue weighted by atomic mass is 16.5. The number of ether oxygens (including phenoxy) is 1. The van der Waals surface area contributed by atoms with Crippen LogP contribution in [0.3, 0.4) is 0 Å². The van der Waals surface area contributed by atoms with E-state index in [1.807, 2.05) is 0 Å². The lowest BCUT2D eigenvalue weighted by Gasteiger charge is -2.08. The fraction of sp³-hybridized carbons (Fsp3) is 0.235. The zero-order valence-electron chi connectivity index (χ0n) is 14.2. The van der Waals surface area contributed by atoms with Crippen molar-refractivity contribution < 1.29 is 18.8 Å². The maximum atomic E-state index is 12.6. The number of esters is 1. The first kappa shape index (κ1) is 17.3. The molecule has 0 fully saturated rings. The highest BCUT2D eigenvalue weighted by Gasteiger charge is 2.13. The summed E-state index contributed by atoms with van der Waals surface area (Å²) >= 11 is 0. The summed E-state index contributed by atoms with van der Waals surface area (Å²) in [7, 11) is 1.29. The van der Waals surface area contributed by atoms with E-state index in [0.717, 1.165) is 0 Å². The molecule has 0 aliphatic rings. The van der Waals surface area contributed by atoms with Gasteiger partial charge in [-0.3, -0.25) is 19.0 Å². The molecule has 9 heteroatoms. The molecule has 0 radical (unpaired) electrons. The second-order valence-electron chi connectivity index (χ2n) is 5.58. The lowest BCUT2D eigenvalue weighted by molar-refractivity contribution is -0.140. The van der Waals surface area contributed by atoms with Gasteiger partial charge in [-0.05, 0) is 25.1 Å². The zero-order chi connectivity index (χ0) is 18.7. The molecule has 134 valence electrons. The first-order valence-corrected chi connectivity index (χ1v) is 7.78. The average Bonchev–Trinajstić information content (AvgIpc) is 3.08. The zero-order valence-corrected chi connectivity index (χ0v) is 14.2. The highest BCUT2D eigenvalue weighted by Crippen LogP contribution is 2.15. The van der Waals surface area contributed by atoms with Crippen molar-refractivity contribution >= 4 is 28.5 Å². The second-order valence-corrected chi connectivity index (χ2v) is 5.58. The largest absolute Gasteiger partial charge is 0.469 e. The van der Waals surface area contributed by atoms with E-state index in [4.69, 9.17) is 4.52 Å². The highest BCUT2D eigenvalue weighted by molar-refractivity contribution is 6.03. The summed E-state index contributed by atoms with van der Waals surface area (Å²) in [4.78, 5) is 40.2. The van der Waals surface area contributed by atoms with Crippen molar-refractivity contribution in [3.63, 3.8) is 0 Å². The van der Waals surface area contributed by atoms with Crippen LogP contribution in [0.1, 0.15) is 22.7 Å². The molecular formula is C17H16N4O5. The third-order valence-electron chi connectivity index (χ3n) is 3.73. The SMILES string of the molecule is COC(=O)CCn1cnc2ccc(NC(=O)c3cc(C)on3)cc2c1=O. The number of benzene rings is 1. The maximum absolute atomic E-state index is 12.6. The van der Waals surface area contributed by atoms with E-state index in [1.165, 1.54) is 30.1 Å². The van der Waals surface area contributed by atoms with E-state index in [9.17, 15) is 14.4 Å². The summed E-state index contributed by atoms with van der Waals surface area (Å²) in [6.45, 7) is 1.84. The number of rotatable bonds is 5. The monoisotopic (exact) mass is 356 g/mol. The Morgan fingerprint density at radius 1 is 1.31 bits per heavy atom. The van der Waals surface area contributed by atoms with Crippen LogP contribution in [-0.2, 0) is 16.1 Å². The fourth-order valence-electron chi connectivity index (χ4n) is 2.38. The van der Waals surface area contributed by atoms with Gasteiger partial charge in [-0.25, -0.2) is 4.98 Å². The molecule has 1 N–H and O–H groups in total. The molecule has 0 bridgehead atoms. The molecule has 0 unspecified atom stereocenters. The van der Waals surface area contributed by atoms with Crippen molar-refractivity contribution in [1.82, 2.24) is 14.7 Å². The molecule has 1 amide bonds. The van der Waals surface area contributed by atoms with Gasteiger partial charge >= 0.3 is 5.97 Å². The number of hydrogen-bond donors (Lipinski definition) is 1. The van der Waals surface area contributed by atoms with Gasteiger partial charge in [-0.2, -0.15) is 0 Å². The minimum absolute atomic E-state index is 0.0610. The van der Waals surface area contributed by atoms with Crippen LogP contribution in [-0.4, -0.2) is 33.7 Å². The lowest BCUT2D eigenvalue weighted by atomic mass is 10.2. The Labute approximate surface area is 147 Å². The van der Waals surface area contributed by atoms with E-state index in [1.54, 1.807) is 19.1 Å². The van der Waals surface area contributed by atoms with Gasteiger partial charge in [0.15, 0.2) is 5.69 Å². The first-order chi connectivity index (χ1) is 12.5. The number of anilines is 1. The van der Waals surface area contributed by atoms with Gasteiger partial charge < -0.3 is 14.6 Å². The molecule has 1 aromatic carbocycles. The van der Waals surface area contributed by atoms with Crippen LogP contribution in [0.4, 0.5) is 5.69 Å². The normalized spacial score (nSPS) is 10.7. The van der Waals surface area contributed by atoms with Crippen molar-refractivity contribution in [3.8, 4) is 0 Å². The Morgan fingerprint density at radius 3 is 2.81 bits per heavy atom. The summed E-state index contributed by atoms with van der Waals surface area (Å²) < 4.78 is 10.8. The van der Waals surface area contributed by atoms with Crippen LogP contribution < -0.4 is 10.9 Å². The van der Waals surface area contributed by atoms with E-state index in [0.29, 0.717) is 22.4 Å². The fourth-order valence-corrected chi connectivity index (χ4v) is 2.38. The number of nitrogens with zero attached hydrogens (tertiary/aromatic N) is 3. The third-order valence-corrected chi connectivity index (χ3v) is 3.73. The van der Waals surface area contributed by atoms with Crippen LogP contribution in [0.15, 0.2) is 39.9 Å². The van der Waals surface area contributed by atoms with E-state index >= 15 is 0 Å². The summed E-state index contributed by atoms with van der Waals surface area (Å²) in [5.41, 5.74) is 0.740. The molecule has 3 aromatic rings. The smallest absolute Gasteiger partial charge is 0.307 e. The van der Waals surface area contributed by atoms with Crippen molar-refractivity contribution in [2.75, 3.05) is 12.4 Å². The first-order valence-electron chi connectivity index (χ1n) is 7.78. The summed E-state index contributed by atoms with van der Waals surface area (Å²) in [5, 5.41) is 6.63. The number of aryl methyl sites for hydroxylation is 2. The van der Waals surface area contributed by atoms with Crippen LogP contribution >= 0.6 is 0 Å². The molecule has 0 aliphatic heterocycles. The second kappa shape index (κ2) is 7.18. The molecule has 3 rings (SSSR count). The van der Waals surface area contributed by atoms with Crippen LogP contribution in [0.5, 0.6) is 0 Å².